The average molecular weight is 308 g/mol. The van der Waals surface area contributed by atoms with Crippen LogP contribution in [-0.4, -0.2) is 21.9 Å². The van der Waals surface area contributed by atoms with Crippen molar-refractivity contribution >= 4 is 44.7 Å². The number of amidine groups is 1. The van der Waals surface area contributed by atoms with Crippen molar-refractivity contribution in [2.45, 2.75) is 6.92 Å². The monoisotopic (exact) mass is 307 g/mol. The molecule has 18 heavy (non-hydrogen) atoms. The van der Waals surface area contributed by atoms with Gasteiger partial charge in [0.2, 0.25) is 0 Å². The fourth-order valence-corrected chi connectivity index (χ4v) is 1.65. The summed E-state index contributed by atoms with van der Waals surface area (Å²) in [5.41, 5.74) is 6.97. The summed E-state index contributed by atoms with van der Waals surface area (Å²) in [7, 11) is 0. The van der Waals surface area contributed by atoms with Crippen LogP contribution in [0.2, 0.25) is 0 Å². The molecule has 0 fully saturated rings. The zero-order valence-electron chi connectivity index (χ0n) is 9.51. The highest BCUT2D eigenvalue weighted by atomic mass is 79.9. The number of nitrogens with zero attached hydrogens (tertiary/aromatic N) is 3. The SMILES string of the molecule is CC(=N)OC(N)=Nc1ccc2ncc(Br)cc2n1. The first-order valence-corrected chi connectivity index (χ1v) is 5.83. The molecule has 0 aromatic carbocycles. The summed E-state index contributed by atoms with van der Waals surface area (Å²) in [4.78, 5) is 12.4. The van der Waals surface area contributed by atoms with Crippen LogP contribution in [-0.2, 0) is 4.74 Å². The predicted molar refractivity (Wildman–Crippen MR) is 73.0 cm³/mol. The Morgan fingerprint density at radius 1 is 1.44 bits per heavy atom. The smallest absolute Gasteiger partial charge is 0.295 e. The molecule has 6 nitrogen and oxygen atoms in total. The second-order valence-electron chi connectivity index (χ2n) is 3.47. The maximum atomic E-state index is 7.13. The molecule has 0 radical (unpaired) electrons. The summed E-state index contributed by atoms with van der Waals surface area (Å²) in [5, 5.41) is 7.13. The predicted octanol–water partition coefficient (Wildman–Crippen LogP) is 2.35. The highest BCUT2D eigenvalue weighted by Gasteiger charge is 2.01. The van der Waals surface area contributed by atoms with Crippen LogP contribution >= 0.6 is 15.9 Å². The topological polar surface area (TPSA) is 97.2 Å². The molecule has 92 valence electrons. The average Bonchev–Trinajstić information content (AvgIpc) is 2.27. The molecule has 7 heteroatoms. The van der Waals surface area contributed by atoms with Crippen molar-refractivity contribution in [1.29, 1.82) is 5.41 Å². The van der Waals surface area contributed by atoms with Crippen LogP contribution in [0.3, 0.4) is 0 Å². The van der Waals surface area contributed by atoms with E-state index in [1.54, 1.807) is 18.3 Å². The van der Waals surface area contributed by atoms with Gasteiger partial charge >= 0.3 is 0 Å². The van der Waals surface area contributed by atoms with E-state index in [2.05, 4.69) is 30.9 Å². The third kappa shape index (κ3) is 3.01. The number of nitrogens with one attached hydrogen (secondary N) is 1. The number of pyridine rings is 2. The third-order valence-corrected chi connectivity index (χ3v) is 2.41. The molecule has 0 bridgehead atoms. The Bertz CT molecular complexity index is 640. The summed E-state index contributed by atoms with van der Waals surface area (Å²) in [6.45, 7) is 1.47. The minimum Gasteiger partial charge on any atom is -0.412 e. The molecule has 0 amide bonds. The van der Waals surface area contributed by atoms with Gasteiger partial charge in [-0.05, 0) is 34.1 Å². The molecule has 0 saturated heterocycles. The zero-order chi connectivity index (χ0) is 13.1. The number of hydrogen-bond donors (Lipinski definition) is 2. The third-order valence-electron chi connectivity index (χ3n) is 1.97. The van der Waals surface area contributed by atoms with Crippen LogP contribution in [0.5, 0.6) is 0 Å². The van der Waals surface area contributed by atoms with Crippen LogP contribution in [0.4, 0.5) is 5.82 Å². The van der Waals surface area contributed by atoms with Gasteiger partial charge in [-0.15, -0.1) is 0 Å². The van der Waals surface area contributed by atoms with Gasteiger partial charge in [-0.2, -0.15) is 4.99 Å². The Morgan fingerprint density at radius 2 is 2.22 bits per heavy atom. The van der Waals surface area contributed by atoms with Crippen LogP contribution in [0.25, 0.3) is 11.0 Å². The van der Waals surface area contributed by atoms with Crippen molar-refractivity contribution in [2.75, 3.05) is 0 Å². The maximum Gasteiger partial charge on any atom is 0.295 e. The lowest BCUT2D eigenvalue weighted by molar-refractivity contribution is 0.527. The maximum absolute atomic E-state index is 7.13. The van der Waals surface area contributed by atoms with Gasteiger partial charge in [0.25, 0.3) is 6.02 Å². The van der Waals surface area contributed by atoms with E-state index in [0.29, 0.717) is 11.3 Å². The first-order chi connectivity index (χ1) is 8.54. The first kappa shape index (κ1) is 12.4. The fraction of sp³-hybridized carbons (Fsp3) is 0.0909. The van der Waals surface area contributed by atoms with Gasteiger partial charge in [-0.1, -0.05) is 0 Å². The summed E-state index contributed by atoms with van der Waals surface area (Å²) in [6.07, 6.45) is 1.70. The Hall–Kier alpha value is -2.02. The van der Waals surface area contributed by atoms with Gasteiger partial charge in [-0.25, -0.2) is 4.98 Å². The largest absolute Gasteiger partial charge is 0.412 e. The molecular weight excluding hydrogens is 298 g/mol. The van der Waals surface area contributed by atoms with Crippen molar-refractivity contribution in [3.63, 3.8) is 0 Å². The molecule has 2 heterocycles. The van der Waals surface area contributed by atoms with Crippen molar-refractivity contribution in [2.24, 2.45) is 10.7 Å². The highest BCUT2D eigenvalue weighted by molar-refractivity contribution is 9.10. The molecule has 0 unspecified atom stereocenters. The van der Waals surface area contributed by atoms with E-state index < -0.39 is 0 Å². The molecule has 0 aliphatic heterocycles. The van der Waals surface area contributed by atoms with Gasteiger partial charge in [0.1, 0.15) is 0 Å². The Kier molecular flexibility index (Phi) is 3.52. The van der Waals surface area contributed by atoms with Gasteiger partial charge < -0.3 is 10.5 Å². The molecule has 2 aromatic heterocycles. The van der Waals surface area contributed by atoms with E-state index in [4.69, 9.17) is 15.9 Å². The summed E-state index contributed by atoms with van der Waals surface area (Å²) in [5.74, 6) is 0.377. The minimum atomic E-state index is -0.114. The van der Waals surface area contributed by atoms with E-state index in [1.165, 1.54) is 6.92 Å². The number of rotatable bonds is 1. The van der Waals surface area contributed by atoms with Crippen LogP contribution in [0.15, 0.2) is 33.9 Å². The van der Waals surface area contributed by atoms with Crippen LogP contribution < -0.4 is 5.73 Å². The second kappa shape index (κ2) is 5.09. The summed E-state index contributed by atoms with van der Waals surface area (Å²) in [6, 6.07) is 5.19. The van der Waals surface area contributed by atoms with Crippen LogP contribution in [0, 0.1) is 5.41 Å². The number of hydrogen-bond acceptors (Lipinski definition) is 5. The fourth-order valence-electron chi connectivity index (χ4n) is 1.33. The van der Waals surface area contributed by atoms with Crippen molar-refractivity contribution < 1.29 is 4.74 Å². The van der Waals surface area contributed by atoms with Gasteiger partial charge in [0, 0.05) is 17.6 Å². The van der Waals surface area contributed by atoms with Crippen molar-refractivity contribution in [3.8, 4) is 0 Å². The standard InChI is InChI=1S/C11H10BrN5O/c1-6(13)18-11(14)17-10-3-2-8-9(16-10)4-7(12)5-15-8/h2-5,13H,1H3,(H2,14,16,17). The van der Waals surface area contributed by atoms with Crippen molar-refractivity contribution in [3.05, 3.63) is 28.9 Å². The van der Waals surface area contributed by atoms with E-state index in [0.717, 1.165) is 9.99 Å². The molecule has 0 aliphatic carbocycles. The quantitative estimate of drug-likeness (QED) is 0.624. The molecule has 2 rings (SSSR count). The van der Waals surface area contributed by atoms with E-state index >= 15 is 0 Å². The number of ether oxygens (including phenoxy) is 1. The molecule has 2 aromatic rings. The Labute approximate surface area is 112 Å². The highest BCUT2D eigenvalue weighted by Crippen LogP contribution is 2.18. The van der Waals surface area contributed by atoms with Crippen LogP contribution in [0.1, 0.15) is 6.92 Å². The molecule has 0 saturated carbocycles. The number of nitrogens with two attached hydrogens (primary N) is 1. The Morgan fingerprint density at radius 3 is 2.94 bits per heavy atom. The summed E-state index contributed by atoms with van der Waals surface area (Å²) >= 11 is 3.32. The Balaban J connectivity index is 2.37. The normalized spacial score (nSPS) is 11.6. The van der Waals surface area contributed by atoms with Crippen molar-refractivity contribution in [1.82, 2.24) is 9.97 Å². The van der Waals surface area contributed by atoms with Gasteiger partial charge in [-0.3, -0.25) is 10.4 Å². The molecule has 0 aliphatic rings. The lowest BCUT2D eigenvalue weighted by Crippen LogP contribution is -2.18. The number of aliphatic imine (C=N–C) groups is 1. The second-order valence-corrected chi connectivity index (χ2v) is 4.39. The van der Waals surface area contributed by atoms with Gasteiger partial charge in [0.05, 0.1) is 11.0 Å². The molecular formula is C11H10BrN5O. The lowest BCUT2D eigenvalue weighted by atomic mass is 10.3. The number of aromatic nitrogens is 2. The zero-order valence-corrected chi connectivity index (χ0v) is 11.1. The molecule has 0 atom stereocenters. The van der Waals surface area contributed by atoms with Gasteiger partial charge in [0.15, 0.2) is 11.7 Å². The van der Waals surface area contributed by atoms with E-state index in [9.17, 15) is 0 Å². The van der Waals surface area contributed by atoms with E-state index in [1.807, 2.05) is 6.07 Å². The number of fused-ring (bicyclic) bond motifs is 1. The van der Waals surface area contributed by atoms with E-state index in [-0.39, 0.29) is 11.9 Å². The summed E-state index contributed by atoms with van der Waals surface area (Å²) < 4.78 is 5.67. The first-order valence-electron chi connectivity index (χ1n) is 5.04. The minimum absolute atomic E-state index is 0.0264. The molecule has 3 N–H and O–H groups in total. The lowest BCUT2D eigenvalue weighted by Gasteiger charge is -2.02. The number of halogens is 1. The molecule has 0 spiro atoms.